The van der Waals surface area contributed by atoms with Crippen molar-refractivity contribution in [1.82, 2.24) is 20.2 Å². The van der Waals surface area contributed by atoms with Gasteiger partial charge in [0.25, 0.3) is 5.91 Å². The highest BCUT2D eigenvalue weighted by molar-refractivity contribution is 5.98. The van der Waals surface area contributed by atoms with E-state index in [4.69, 9.17) is 5.73 Å². The van der Waals surface area contributed by atoms with Crippen LogP contribution in [-0.4, -0.2) is 37.8 Å². The van der Waals surface area contributed by atoms with E-state index in [1.165, 1.54) is 29.2 Å². The number of anilines is 1. The fraction of sp³-hybridized carbons (Fsp3) is 0.273. The number of nitrogens with one attached hydrogen (secondary N) is 1. The molecule has 7 nitrogen and oxygen atoms in total. The monoisotopic (exact) mass is 300 g/mol. The average Bonchev–Trinajstić information content (AvgIpc) is 2.91. The first-order chi connectivity index (χ1) is 9.72. The molecule has 0 radical (unpaired) electrons. The van der Waals surface area contributed by atoms with E-state index in [1.807, 2.05) is 0 Å². The highest BCUT2D eigenvalue weighted by Gasteiger charge is 2.53. The first-order valence-corrected chi connectivity index (χ1v) is 5.72. The maximum atomic E-state index is 12.7. The lowest BCUT2D eigenvalue weighted by Gasteiger charge is -2.26. The normalized spacial score (nSPS) is 14.5. The van der Waals surface area contributed by atoms with Crippen LogP contribution in [-0.2, 0) is 4.79 Å². The lowest BCUT2D eigenvalue weighted by Crippen LogP contribution is -2.59. The van der Waals surface area contributed by atoms with E-state index in [1.54, 1.807) is 6.07 Å². The van der Waals surface area contributed by atoms with Gasteiger partial charge in [-0.05, 0) is 35.5 Å². The highest BCUT2D eigenvalue weighted by Crippen LogP contribution is 2.29. The van der Waals surface area contributed by atoms with Crippen LogP contribution >= 0.6 is 0 Å². The van der Waals surface area contributed by atoms with Crippen LogP contribution in [0.4, 0.5) is 18.9 Å². The number of rotatable bonds is 3. The third kappa shape index (κ3) is 2.99. The second-order valence-electron chi connectivity index (χ2n) is 4.46. The van der Waals surface area contributed by atoms with Crippen LogP contribution in [0.1, 0.15) is 6.92 Å². The molecule has 3 N–H and O–H groups in total. The molecule has 21 heavy (non-hydrogen) atoms. The van der Waals surface area contributed by atoms with Gasteiger partial charge in [-0.2, -0.15) is 13.2 Å². The fourth-order valence-corrected chi connectivity index (χ4v) is 1.40. The van der Waals surface area contributed by atoms with Crippen molar-refractivity contribution in [3.05, 3.63) is 30.6 Å². The quantitative estimate of drug-likeness (QED) is 0.876. The summed E-state index contributed by atoms with van der Waals surface area (Å²) in [5, 5.41) is 12.6. The number of hydrogen-bond donors (Lipinski definition) is 2. The van der Waals surface area contributed by atoms with Gasteiger partial charge >= 0.3 is 6.18 Å². The van der Waals surface area contributed by atoms with Crippen molar-refractivity contribution in [3.63, 3.8) is 0 Å². The maximum Gasteiger partial charge on any atom is 0.415 e. The minimum Gasteiger partial charge on any atom is -0.324 e. The van der Waals surface area contributed by atoms with Crippen LogP contribution in [0.15, 0.2) is 30.6 Å². The molecule has 1 aromatic heterocycles. The Labute approximate surface area is 116 Å². The van der Waals surface area contributed by atoms with Gasteiger partial charge in [-0.3, -0.25) is 4.79 Å². The van der Waals surface area contributed by atoms with Crippen LogP contribution < -0.4 is 11.1 Å². The van der Waals surface area contributed by atoms with Gasteiger partial charge < -0.3 is 11.1 Å². The van der Waals surface area contributed by atoms with Crippen LogP contribution in [0.25, 0.3) is 5.69 Å². The summed E-state index contributed by atoms with van der Waals surface area (Å²) in [7, 11) is 0. The molecule has 0 fully saturated rings. The van der Waals surface area contributed by atoms with Gasteiger partial charge in [-0.25, -0.2) is 4.68 Å². The molecule has 1 aromatic carbocycles. The van der Waals surface area contributed by atoms with E-state index in [0.717, 1.165) is 0 Å². The predicted molar refractivity (Wildman–Crippen MR) is 66.4 cm³/mol. The second-order valence-corrected chi connectivity index (χ2v) is 4.46. The number of alkyl halides is 3. The van der Waals surface area contributed by atoms with Crippen molar-refractivity contribution >= 4 is 11.6 Å². The van der Waals surface area contributed by atoms with Crippen molar-refractivity contribution in [3.8, 4) is 5.69 Å². The van der Waals surface area contributed by atoms with Crippen LogP contribution in [0.3, 0.4) is 0 Å². The number of carbonyl (C=O) groups excluding carboxylic acids is 1. The number of tetrazole rings is 1. The van der Waals surface area contributed by atoms with Gasteiger partial charge in [0.2, 0.25) is 0 Å². The molecule has 0 aliphatic carbocycles. The topological polar surface area (TPSA) is 98.7 Å². The number of hydrogen-bond acceptors (Lipinski definition) is 5. The zero-order valence-electron chi connectivity index (χ0n) is 10.8. The molecule has 0 bridgehead atoms. The van der Waals surface area contributed by atoms with Gasteiger partial charge in [0.1, 0.15) is 6.33 Å². The Hall–Kier alpha value is -2.49. The van der Waals surface area contributed by atoms with Crippen molar-refractivity contribution in [2.24, 2.45) is 5.73 Å². The zero-order chi connectivity index (χ0) is 15.7. The smallest absolute Gasteiger partial charge is 0.324 e. The standard InChI is InChI=1S/C11H11F3N6O/c1-10(15,11(12,13)14)9(21)17-7-3-2-4-8(5-7)20-6-16-18-19-20/h2-6H,15H2,1H3,(H,17,21). The molecule has 0 aliphatic heterocycles. The van der Waals surface area contributed by atoms with E-state index in [0.29, 0.717) is 12.6 Å². The molecule has 112 valence electrons. The van der Waals surface area contributed by atoms with Gasteiger partial charge in [0.05, 0.1) is 5.69 Å². The molecule has 0 aliphatic rings. The summed E-state index contributed by atoms with van der Waals surface area (Å²) < 4.78 is 39.3. The Bertz CT molecular complexity index is 638. The molecule has 0 saturated heterocycles. The Morgan fingerprint density at radius 1 is 1.38 bits per heavy atom. The van der Waals surface area contributed by atoms with Crippen molar-refractivity contribution in [1.29, 1.82) is 0 Å². The summed E-state index contributed by atoms with van der Waals surface area (Å²) >= 11 is 0. The Balaban J connectivity index is 2.21. The third-order valence-electron chi connectivity index (χ3n) is 2.78. The molecule has 1 amide bonds. The number of amides is 1. The van der Waals surface area contributed by atoms with Crippen molar-refractivity contribution < 1.29 is 18.0 Å². The molecule has 2 aromatic rings. The molecular weight excluding hydrogens is 289 g/mol. The number of halogens is 3. The lowest BCUT2D eigenvalue weighted by atomic mass is 10.0. The summed E-state index contributed by atoms with van der Waals surface area (Å²) in [5.41, 5.74) is 2.68. The number of nitrogens with two attached hydrogens (primary N) is 1. The first-order valence-electron chi connectivity index (χ1n) is 5.72. The summed E-state index contributed by atoms with van der Waals surface area (Å²) in [5.74, 6) is -1.36. The summed E-state index contributed by atoms with van der Waals surface area (Å²) in [6.07, 6.45) is -3.55. The Morgan fingerprint density at radius 3 is 2.67 bits per heavy atom. The molecule has 1 unspecified atom stereocenters. The molecular formula is C11H11F3N6O. The number of carbonyl (C=O) groups is 1. The fourth-order valence-electron chi connectivity index (χ4n) is 1.40. The molecule has 10 heteroatoms. The van der Waals surface area contributed by atoms with Crippen molar-refractivity contribution in [2.45, 2.75) is 18.6 Å². The molecule has 1 heterocycles. The largest absolute Gasteiger partial charge is 0.415 e. The maximum absolute atomic E-state index is 12.7. The Kier molecular flexibility index (Phi) is 3.64. The number of nitrogens with zero attached hydrogens (tertiary/aromatic N) is 4. The van der Waals surface area contributed by atoms with Gasteiger partial charge in [-0.1, -0.05) is 6.07 Å². The van der Waals surface area contributed by atoms with E-state index in [-0.39, 0.29) is 5.69 Å². The minimum absolute atomic E-state index is 0.147. The molecule has 0 spiro atoms. The average molecular weight is 300 g/mol. The number of benzene rings is 1. The van der Waals surface area contributed by atoms with Crippen LogP contribution in [0, 0.1) is 0 Å². The Morgan fingerprint density at radius 2 is 2.10 bits per heavy atom. The SMILES string of the molecule is CC(N)(C(=O)Nc1cccc(-n2cnnn2)c1)C(F)(F)F. The molecule has 0 saturated carbocycles. The van der Waals surface area contributed by atoms with E-state index in [9.17, 15) is 18.0 Å². The molecule has 2 rings (SSSR count). The second kappa shape index (κ2) is 5.13. The lowest BCUT2D eigenvalue weighted by molar-refractivity contribution is -0.184. The van der Waals surface area contributed by atoms with Crippen LogP contribution in [0.5, 0.6) is 0 Å². The third-order valence-corrected chi connectivity index (χ3v) is 2.78. The summed E-state index contributed by atoms with van der Waals surface area (Å²) in [6, 6.07) is 6.00. The number of aromatic nitrogens is 4. The summed E-state index contributed by atoms with van der Waals surface area (Å²) in [4.78, 5) is 11.7. The van der Waals surface area contributed by atoms with Crippen LogP contribution in [0.2, 0.25) is 0 Å². The minimum atomic E-state index is -4.86. The van der Waals surface area contributed by atoms with Crippen molar-refractivity contribution in [2.75, 3.05) is 5.32 Å². The van der Waals surface area contributed by atoms with E-state index >= 15 is 0 Å². The highest BCUT2D eigenvalue weighted by atomic mass is 19.4. The zero-order valence-corrected chi connectivity index (χ0v) is 10.8. The molecule has 1 atom stereocenters. The van der Waals surface area contributed by atoms with Gasteiger partial charge in [0.15, 0.2) is 5.54 Å². The summed E-state index contributed by atoms with van der Waals surface area (Å²) in [6.45, 7) is 0.605. The van der Waals surface area contributed by atoms with E-state index in [2.05, 4.69) is 20.8 Å². The van der Waals surface area contributed by atoms with Gasteiger partial charge in [0, 0.05) is 5.69 Å². The van der Waals surface area contributed by atoms with Gasteiger partial charge in [-0.15, -0.1) is 5.10 Å². The van der Waals surface area contributed by atoms with E-state index < -0.39 is 17.6 Å². The predicted octanol–water partition coefficient (Wildman–Crippen LogP) is 0.880. The first kappa shape index (κ1) is 14.9.